The minimum atomic E-state index is -0.242. The highest BCUT2D eigenvalue weighted by Crippen LogP contribution is 1.86. The van der Waals surface area contributed by atoms with Gasteiger partial charge in [-0.05, 0) is 12.5 Å². The lowest BCUT2D eigenvalue weighted by Gasteiger charge is -1.96. The molecular formula is C9H14O2Si. The third kappa shape index (κ3) is 7.28. The molecule has 0 unspecified atom stereocenters. The van der Waals surface area contributed by atoms with Crippen LogP contribution in [0.1, 0.15) is 13.3 Å². The van der Waals surface area contributed by atoms with Crippen LogP contribution in [0.3, 0.4) is 0 Å². The van der Waals surface area contributed by atoms with E-state index in [1.54, 1.807) is 0 Å². The third-order valence-corrected chi connectivity index (χ3v) is 1.97. The first-order valence-corrected chi connectivity index (χ1v) is 5.27. The predicted molar refractivity (Wildman–Crippen MR) is 51.1 cm³/mol. The summed E-state index contributed by atoms with van der Waals surface area (Å²) in [5.74, 6) is -0.242. The molecule has 0 atom stereocenters. The first-order valence-electron chi connectivity index (χ1n) is 3.98. The number of allylic oxidation sites excluding steroid dienone is 1. The smallest absolute Gasteiger partial charge is 0.330 e. The molecule has 0 amide bonds. The molecule has 0 rings (SSSR count). The summed E-state index contributed by atoms with van der Waals surface area (Å²) in [5, 5.41) is 0. The van der Waals surface area contributed by atoms with Crippen LogP contribution in [0, 0.1) is 0 Å². The molecule has 0 aromatic rings. The van der Waals surface area contributed by atoms with Gasteiger partial charge in [-0.25, -0.2) is 4.79 Å². The number of rotatable bonds is 6. The van der Waals surface area contributed by atoms with Crippen LogP contribution in [0.15, 0.2) is 24.4 Å². The van der Waals surface area contributed by atoms with Gasteiger partial charge in [-0.1, -0.05) is 18.7 Å². The first kappa shape index (κ1) is 11.2. The average Bonchev–Trinajstić information content (AvgIpc) is 2.09. The lowest BCUT2D eigenvalue weighted by atomic mass is 10.5. The van der Waals surface area contributed by atoms with Crippen LogP contribution < -0.4 is 0 Å². The van der Waals surface area contributed by atoms with E-state index in [0.717, 1.165) is 12.5 Å². The molecule has 2 radical (unpaired) electrons. The van der Waals surface area contributed by atoms with Crippen molar-refractivity contribution in [3.63, 3.8) is 0 Å². The van der Waals surface area contributed by atoms with Gasteiger partial charge < -0.3 is 4.74 Å². The maximum absolute atomic E-state index is 10.8. The van der Waals surface area contributed by atoms with Gasteiger partial charge in [0.05, 0.1) is 16.1 Å². The van der Waals surface area contributed by atoms with Crippen LogP contribution in [-0.2, 0) is 9.53 Å². The molecule has 0 N–H and O–H groups in total. The van der Waals surface area contributed by atoms with Crippen molar-refractivity contribution in [2.75, 3.05) is 6.61 Å². The van der Waals surface area contributed by atoms with Crippen molar-refractivity contribution < 1.29 is 9.53 Å². The average molecular weight is 182 g/mol. The lowest BCUT2D eigenvalue weighted by molar-refractivity contribution is -0.137. The molecule has 12 heavy (non-hydrogen) atoms. The Hall–Kier alpha value is -0.833. The van der Waals surface area contributed by atoms with Crippen molar-refractivity contribution in [1.29, 1.82) is 0 Å². The number of hydrogen-bond donors (Lipinski definition) is 0. The Morgan fingerprint density at radius 3 is 3.00 bits per heavy atom. The van der Waals surface area contributed by atoms with Crippen LogP contribution in [0.25, 0.3) is 0 Å². The maximum Gasteiger partial charge on any atom is 0.330 e. The number of esters is 1. The van der Waals surface area contributed by atoms with Gasteiger partial charge in [0.25, 0.3) is 0 Å². The summed E-state index contributed by atoms with van der Waals surface area (Å²) in [6.07, 6.45) is 4.19. The van der Waals surface area contributed by atoms with E-state index in [4.69, 9.17) is 4.74 Å². The second-order valence-electron chi connectivity index (χ2n) is 2.20. The Balaban J connectivity index is 3.39. The molecule has 2 nitrogen and oxygen atoms in total. The van der Waals surface area contributed by atoms with Gasteiger partial charge in [0, 0.05) is 6.08 Å². The molecular weight excluding hydrogens is 168 g/mol. The van der Waals surface area contributed by atoms with E-state index in [9.17, 15) is 4.79 Å². The van der Waals surface area contributed by atoms with Gasteiger partial charge in [-0.2, -0.15) is 0 Å². The quantitative estimate of drug-likeness (QED) is 0.206. The molecule has 0 fully saturated rings. The predicted octanol–water partition coefficient (Wildman–Crippen LogP) is 1.76. The second kappa shape index (κ2) is 8.27. The molecule has 0 spiro atoms. The first-order chi connectivity index (χ1) is 5.81. The van der Waals surface area contributed by atoms with Gasteiger partial charge >= 0.3 is 5.97 Å². The van der Waals surface area contributed by atoms with E-state index in [-0.39, 0.29) is 5.97 Å². The van der Waals surface area contributed by atoms with E-state index in [2.05, 4.69) is 6.58 Å². The normalized spacial score (nSPS) is 10.1. The number of carbonyl (C=O) groups is 1. The molecule has 0 aliphatic carbocycles. The van der Waals surface area contributed by atoms with Gasteiger partial charge in [-0.15, -0.1) is 6.58 Å². The highest BCUT2D eigenvalue weighted by molar-refractivity contribution is 6.43. The van der Waals surface area contributed by atoms with Crippen LogP contribution >= 0.6 is 0 Å². The summed E-state index contributed by atoms with van der Waals surface area (Å²) in [6.45, 7) is 6.06. The maximum atomic E-state index is 10.8. The molecule has 0 bridgehead atoms. The summed E-state index contributed by atoms with van der Waals surface area (Å²) >= 11 is 0. The molecule has 0 saturated carbocycles. The topological polar surface area (TPSA) is 26.3 Å². The molecule has 0 saturated heterocycles. The van der Waals surface area contributed by atoms with Gasteiger partial charge in [0.15, 0.2) is 0 Å². The highest BCUT2D eigenvalue weighted by atomic mass is 28.2. The van der Waals surface area contributed by atoms with E-state index >= 15 is 0 Å². The Labute approximate surface area is 76.1 Å². The summed E-state index contributed by atoms with van der Waals surface area (Å²) in [4.78, 5) is 10.8. The van der Waals surface area contributed by atoms with E-state index < -0.39 is 0 Å². The summed E-state index contributed by atoms with van der Waals surface area (Å²) < 4.78 is 4.82. The Morgan fingerprint density at radius 2 is 2.42 bits per heavy atom. The van der Waals surface area contributed by atoms with Gasteiger partial charge in [0.2, 0.25) is 0 Å². The Kier molecular flexibility index (Phi) is 7.69. The van der Waals surface area contributed by atoms with Crippen LogP contribution in [-0.4, -0.2) is 22.1 Å². The molecule has 66 valence electrons. The lowest BCUT2D eigenvalue weighted by Crippen LogP contribution is -2.01. The van der Waals surface area contributed by atoms with Gasteiger partial charge in [0.1, 0.15) is 0 Å². The van der Waals surface area contributed by atoms with Crippen molar-refractivity contribution in [2.45, 2.75) is 19.4 Å². The largest absolute Gasteiger partial charge is 0.463 e. The third-order valence-electron chi connectivity index (χ3n) is 1.05. The van der Waals surface area contributed by atoms with Crippen molar-refractivity contribution in [3.05, 3.63) is 24.4 Å². The fourth-order valence-electron chi connectivity index (χ4n) is 0.529. The number of hydrogen-bond acceptors (Lipinski definition) is 2. The van der Waals surface area contributed by atoms with Crippen molar-refractivity contribution >= 4 is 15.5 Å². The summed E-state index contributed by atoms with van der Waals surface area (Å²) in [5.41, 5.74) is 1.83. The molecule has 3 heteroatoms. The fourth-order valence-corrected chi connectivity index (χ4v) is 1.09. The highest BCUT2D eigenvalue weighted by Gasteiger charge is 1.92. The molecule has 0 aliphatic rings. The van der Waals surface area contributed by atoms with Crippen molar-refractivity contribution in [2.24, 2.45) is 0 Å². The zero-order valence-electron chi connectivity index (χ0n) is 7.38. The standard InChI is InChI=1S/C9H14O2Si/c1-3-6-11-9(10)5-8-12-7-4-2/h4-5,8H,2-3,6-7H2,1H3. The van der Waals surface area contributed by atoms with E-state index in [1.165, 1.54) is 6.08 Å². The van der Waals surface area contributed by atoms with Crippen molar-refractivity contribution in [3.8, 4) is 0 Å². The summed E-state index contributed by atoms with van der Waals surface area (Å²) in [6, 6.07) is 0.928. The second-order valence-corrected chi connectivity index (χ2v) is 3.35. The van der Waals surface area contributed by atoms with Crippen LogP contribution in [0.5, 0.6) is 0 Å². The Morgan fingerprint density at radius 1 is 1.67 bits per heavy atom. The van der Waals surface area contributed by atoms with E-state index in [1.807, 2.05) is 18.7 Å². The zero-order chi connectivity index (χ0) is 9.23. The summed E-state index contributed by atoms with van der Waals surface area (Å²) in [7, 11) is 0.631. The SMILES string of the molecule is C=CC[Si]C=CC(=O)OCCC. The zero-order valence-corrected chi connectivity index (χ0v) is 8.38. The molecule has 0 aliphatic heterocycles. The molecule has 0 aromatic heterocycles. The van der Waals surface area contributed by atoms with E-state index in [0.29, 0.717) is 16.1 Å². The number of carbonyl (C=O) groups excluding carboxylic acids is 1. The van der Waals surface area contributed by atoms with Crippen LogP contribution in [0.2, 0.25) is 6.04 Å². The molecule has 0 heterocycles. The van der Waals surface area contributed by atoms with Crippen molar-refractivity contribution in [1.82, 2.24) is 0 Å². The fraction of sp³-hybridized carbons (Fsp3) is 0.444. The number of ether oxygens (including phenoxy) is 1. The monoisotopic (exact) mass is 182 g/mol. The van der Waals surface area contributed by atoms with Gasteiger partial charge in [-0.3, -0.25) is 0 Å². The minimum Gasteiger partial charge on any atom is -0.463 e. The molecule has 0 aromatic carbocycles. The minimum absolute atomic E-state index is 0.242. The Bertz CT molecular complexity index is 164. The van der Waals surface area contributed by atoms with Crippen LogP contribution in [0.4, 0.5) is 0 Å².